The van der Waals surface area contributed by atoms with Crippen molar-refractivity contribution in [2.24, 2.45) is 0 Å². The molecular formula is C26H34N2O3. The van der Waals surface area contributed by atoms with Crippen molar-refractivity contribution in [1.82, 2.24) is 10.2 Å². The van der Waals surface area contributed by atoms with Crippen molar-refractivity contribution in [3.63, 3.8) is 0 Å². The zero-order valence-corrected chi connectivity index (χ0v) is 18.7. The van der Waals surface area contributed by atoms with Gasteiger partial charge in [0.05, 0.1) is 6.61 Å². The van der Waals surface area contributed by atoms with Gasteiger partial charge in [-0.05, 0) is 50.8 Å². The van der Waals surface area contributed by atoms with Crippen LogP contribution < -0.4 is 10.1 Å². The van der Waals surface area contributed by atoms with E-state index in [1.54, 1.807) is 4.90 Å². The minimum absolute atomic E-state index is 0.0219. The molecule has 1 saturated carbocycles. The highest BCUT2D eigenvalue weighted by molar-refractivity contribution is 5.87. The minimum Gasteiger partial charge on any atom is -0.494 e. The average Bonchev–Trinajstić information content (AvgIpc) is 3.29. The van der Waals surface area contributed by atoms with Gasteiger partial charge in [-0.1, -0.05) is 60.9 Å². The third kappa shape index (κ3) is 7.12. The number of hydrogen-bond donors (Lipinski definition) is 1. The SMILES string of the molecule is Cc1ccc(CN(C(=O)CCCOc2ccccc2)C(C)C(=O)NC2CCCC2)cc1. The van der Waals surface area contributed by atoms with Gasteiger partial charge in [0.1, 0.15) is 11.8 Å². The van der Waals surface area contributed by atoms with Crippen LogP contribution in [0.1, 0.15) is 56.6 Å². The molecule has 1 fully saturated rings. The number of nitrogens with one attached hydrogen (secondary N) is 1. The lowest BCUT2D eigenvalue weighted by Crippen LogP contribution is -2.49. The number of ether oxygens (including phenoxy) is 1. The van der Waals surface area contributed by atoms with Gasteiger partial charge in [0.15, 0.2) is 0 Å². The van der Waals surface area contributed by atoms with Gasteiger partial charge < -0.3 is 15.0 Å². The van der Waals surface area contributed by atoms with Gasteiger partial charge in [-0.15, -0.1) is 0 Å². The van der Waals surface area contributed by atoms with Crippen LogP contribution in [0, 0.1) is 6.92 Å². The molecular weight excluding hydrogens is 388 g/mol. The zero-order chi connectivity index (χ0) is 22.1. The van der Waals surface area contributed by atoms with E-state index in [2.05, 4.69) is 5.32 Å². The van der Waals surface area contributed by atoms with Crippen LogP contribution in [0.25, 0.3) is 0 Å². The fourth-order valence-electron chi connectivity index (χ4n) is 3.94. The summed E-state index contributed by atoms with van der Waals surface area (Å²) < 4.78 is 5.71. The van der Waals surface area contributed by atoms with Crippen LogP contribution in [0.5, 0.6) is 5.75 Å². The highest BCUT2D eigenvalue weighted by atomic mass is 16.5. The van der Waals surface area contributed by atoms with Gasteiger partial charge in [0, 0.05) is 19.0 Å². The molecule has 1 N–H and O–H groups in total. The average molecular weight is 423 g/mol. The second-order valence-corrected chi connectivity index (χ2v) is 8.44. The number of carbonyl (C=O) groups is 2. The van der Waals surface area contributed by atoms with Gasteiger partial charge in [0.2, 0.25) is 11.8 Å². The Morgan fingerprint density at radius 1 is 1.06 bits per heavy atom. The monoisotopic (exact) mass is 422 g/mol. The van der Waals surface area contributed by atoms with Gasteiger partial charge in [0.25, 0.3) is 0 Å². The maximum atomic E-state index is 13.1. The molecule has 31 heavy (non-hydrogen) atoms. The van der Waals surface area contributed by atoms with Gasteiger partial charge in [-0.2, -0.15) is 0 Å². The maximum absolute atomic E-state index is 13.1. The summed E-state index contributed by atoms with van der Waals surface area (Å²) in [6.45, 7) is 4.77. The molecule has 1 aliphatic carbocycles. The molecule has 166 valence electrons. The second-order valence-electron chi connectivity index (χ2n) is 8.44. The number of aryl methyl sites for hydroxylation is 1. The van der Waals surface area contributed by atoms with E-state index in [0.29, 0.717) is 26.0 Å². The Morgan fingerprint density at radius 3 is 2.42 bits per heavy atom. The van der Waals surface area contributed by atoms with E-state index < -0.39 is 6.04 Å². The third-order valence-corrected chi connectivity index (χ3v) is 5.89. The summed E-state index contributed by atoms with van der Waals surface area (Å²) >= 11 is 0. The first-order valence-electron chi connectivity index (χ1n) is 11.4. The first-order valence-corrected chi connectivity index (χ1v) is 11.4. The van der Waals surface area contributed by atoms with E-state index in [1.165, 1.54) is 5.56 Å². The van der Waals surface area contributed by atoms with E-state index in [9.17, 15) is 9.59 Å². The highest BCUT2D eigenvalue weighted by Gasteiger charge is 2.28. The first-order chi connectivity index (χ1) is 15.0. The molecule has 0 radical (unpaired) electrons. The Kier molecular flexibility index (Phi) is 8.51. The summed E-state index contributed by atoms with van der Waals surface area (Å²) in [5, 5.41) is 3.14. The molecule has 1 aliphatic rings. The predicted octanol–water partition coefficient (Wildman–Crippen LogP) is 4.63. The molecule has 0 heterocycles. The summed E-state index contributed by atoms with van der Waals surface area (Å²) in [7, 11) is 0. The summed E-state index contributed by atoms with van der Waals surface area (Å²) in [5.41, 5.74) is 2.20. The van der Waals surface area contributed by atoms with E-state index in [1.807, 2.05) is 68.4 Å². The lowest BCUT2D eigenvalue weighted by molar-refractivity contribution is -0.141. The molecule has 0 spiro atoms. The smallest absolute Gasteiger partial charge is 0.242 e. The summed E-state index contributed by atoms with van der Waals surface area (Å²) in [4.78, 5) is 27.7. The first kappa shape index (κ1) is 22.9. The number of rotatable bonds is 10. The molecule has 2 aromatic carbocycles. The van der Waals surface area contributed by atoms with Crippen LogP contribution in [-0.4, -0.2) is 35.4 Å². The molecule has 2 aromatic rings. The van der Waals surface area contributed by atoms with Crippen LogP contribution >= 0.6 is 0 Å². The summed E-state index contributed by atoms with van der Waals surface area (Å²) in [5.74, 6) is 0.718. The standard InChI is InChI=1S/C26H34N2O3/c1-20-14-16-22(17-15-20)19-28(21(2)26(30)27-23-9-6-7-10-23)25(29)13-8-18-31-24-11-4-3-5-12-24/h3-5,11-12,14-17,21,23H,6-10,13,18-19H2,1-2H3,(H,27,30). The van der Waals surface area contributed by atoms with Gasteiger partial charge in [-0.25, -0.2) is 0 Å². The number of benzene rings is 2. The molecule has 0 bridgehead atoms. The molecule has 5 nitrogen and oxygen atoms in total. The predicted molar refractivity (Wildman–Crippen MR) is 123 cm³/mol. The molecule has 1 atom stereocenters. The van der Waals surface area contributed by atoms with E-state index >= 15 is 0 Å². The summed E-state index contributed by atoms with van der Waals surface area (Å²) in [6, 6.07) is 17.5. The van der Waals surface area contributed by atoms with Crippen LogP contribution in [-0.2, 0) is 16.1 Å². The van der Waals surface area contributed by atoms with Crippen LogP contribution in [0.3, 0.4) is 0 Å². The van der Waals surface area contributed by atoms with Gasteiger partial charge >= 0.3 is 0 Å². The Balaban J connectivity index is 1.59. The van der Waals surface area contributed by atoms with E-state index in [0.717, 1.165) is 37.0 Å². The molecule has 2 amide bonds. The Morgan fingerprint density at radius 2 is 1.74 bits per heavy atom. The fourth-order valence-corrected chi connectivity index (χ4v) is 3.94. The van der Waals surface area contributed by atoms with Crippen molar-refractivity contribution in [2.45, 2.75) is 71.0 Å². The van der Waals surface area contributed by atoms with E-state index in [4.69, 9.17) is 4.74 Å². The number of para-hydroxylation sites is 1. The summed E-state index contributed by atoms with van der Waals surface area (Å²) in [6.07, 6.45) is 5.33. The number of carbonyl (C=O) groups excluding carboxylic acids is 2. The highest BCUT2D eigenvalue weighted by Crippen LogP contribution is 2.19. The number of nitrogens with zero attached hydrogens (tertiary/aromatic N) is 1. The van der Waals surface area contributed by atoms with Crippen LogP contribution in [0.15, 0.2) is 54.6 Å². The largest absolute Gasteiger partial charge is 0.494 e. The lowest BCUT2D eigenvalue weighted by Gasteiger charge is -2.30. The third-order valence-electron chi connectivity index (χ3n) is 5.89. The topological polar surface area (TPSA) is 58.6 Å². The van der Waals surface area contributed by atoms with Crippen molar-refractivity contribution in [1.29, 1.82) is 0 Å². The van der Waals surface area contributed by atoms with Gasteiger partial charge in [-0.3, -0.25) is 9.59 Å². The molecule has 0 aliphatic heterocycles. The fraction of sp³-hybridized carbons (Fsp3) is 0.462. The number of amides is 2. The number of hydrogen-bond acceptors (Lipinski definition) is 3. The van der Waals surface area contributed by atoms with Crippen LogP contribution in [0.2, 0.25) is 0 Å². The minimum atomic E-state index is -0.510. The molecule has 3 rings (SSSR count). The van der Waals surface area contributed by atoms with Crippen molar-refractivity contribution >= 4 is 11.8 Å². The quantitative estimate of drug-likeness (QED) is 0.568. The maximum Gasteiger partial charge on any atom is 0.242 e. The van der Waals surface area contributed by atoms with Crippen LogP contribution in [0.4, 0.5) is 0 Å². The zero-order valence-electron chi connectivity index (χ0n) is 18.7. The lowest BCUT2D eigenvalue weighted by atomic mass is 10.1. The Bertz CT molecular complexity index is 829. The van der Waals surface area contributed by atoms with Crippen molar-refractivity contribution in [2.75, 3.05) is 6.61 Å². The normalized spacial score (nSPS) is 14.8. The molecule has 0 aromatic heterocycles. The second kappa shape index (κ2) is 11.5. The Labute approximate surface area is 185 Å². The molecule has 5 heteroatoms. The van der Waals surface area contributed by atoms with Crippen molar-refractivity contribution in [3.05, 3.63) is 65.7 Å². The Hall–Kier alpha value is -2.82. The van der Waals surface area contributed by atoms with Crippen molar-refractivity contribution in [3.8, 4) is 5.75 Å². The van der Waals surface area contributed by atoms with Crippen molar-refractivity contribution < 1.29 is 14.3 Å². The van der Waals surface area contributed by atoms with E-state index in [-0.39, 0.29) is 17.9 Å². The molecule has 1 unspecified atom stereocenters. The molecule has 0 saturated heterocycles.